The van der Waals surface area contributed by atoms with Crippen molar-refractivity contribution in [2.75, 3.05) is 0 Å². The Morgan fingerprint density at radius 3 is 2.20 bits per heavy atom. The van der Waals surface area contributed by atoms with Gasteiger partial charge in [-0.15, -0.1) is 0 Å². The third-order valence-corrected chi connectivity index (χ3v) is 6.24. The van der Waals surface area contributed by atoms with Crippen LogP contribution in [-0.2, 0) is 0 Å². The number of rotatable bonds is 2. The summed E-state index contributed by atoms with van der Waals surface area (Å²) < 4.78 is 5.63. The molecule has 5 rings (SSSR count). The van der Waals surface area contributed by atoms with Crippen LogP contribution in [0.15, 0.2) is 46.4 Å². The summed E-state index contributed by atoms with van der Waals surface area (Å²) in [6.45, 7) is 7.01. The molecule has 2 aromatic heterocycles. The van der Waals surface area contributed by atoms with E-state index in [1.54, 1.807) is 24.3 Å². The van der Waals surface area contributed by atoms with Crippen LogP contribution in [0.1, 0.15) is 26.6 Å². The molecule has 0 atom stereocenters. The van der Waals surface area contributed by atoms with E-state index in [0.29, 0.717) is 21.2 Å². The number of benzene rings is 2. The number of thiazole rings is 1. The lowest BCUT2D eigenvalue weighted by Gasteiger charge is -1.98. The number of hydrogen-bond acceptors (Lipinski definition) is 6. The molecule has 0 N–H and O–H groups in total. The molecular weight excluding hydrogens is 445 g/mol. The number of hydrogen-bond donors (Lipinski definition) is 0. The molecule has 0 saturated heterocycles. The van der Waals surface area contributed by atoms with E-state index in [1.807, 2.05) is 0 Å². The van der Waals surface area contributed by atoms with Crippen molar-refractivity contribution in [2.45, 2.75) is 0 Å². The van der Waals surface area contributed by atoms with Gasteiger partial charge in [-0.3, -0.25) is 9.59 Å². The molecule has 0 unspecified atom stereocenters. The third-order valence-electron chi connectivity index (χ3n) is 4.54. The second kappa shape index (κ2) is 6.89. The number of aromatic nitrogens is 2. The van der Waals surface area contributed by atoms with Gasteiger partial charge in [0, 0.05) is 22.8 Å². The minimum atomic E-state index is -0.455. The van der Waals surface area contributed by atoms with Gasteiger partial charge in [0.25, 0.3) is 5.71 Å². The van der Waals surface area contributed by atoms with Gasteiger partial charge >= 0.3 is 0 Å². The first-order chi connectivity index (χ1) is 14.4. The molecule has 1 aliphatic rings. The van der Waals surface area contributed by atoms with Crippen molar-refractivity contribution in [1.29, 1.82) is 0 Å². The molecule has 0 fully saturated rings. The first-order valence-corrected chi connectivity index (χ1v) is 10.1. The number of carbonyl (C=O) groups excluding carboxylic acids is 2. The fourth-order valence-electron chi connectivity index (χ4n) is 3.09. The van der Waals surface area contributed by atoms with Gasteiger partial charge in [0.15, 0.2) is 22.1 Å². The zero-order valence-corrected chi connectivity index (χ0v) is 17.1. The quantitative estimate of drug-likeness (QED) is 0.204. The van der Waals surface area contributed by atoms with E-state index in [1.165, 1.54) is 29.5 Å². The molecule has 0 radical (unpaired) electrons. The second-order valence-corrected chi connectivity index (χ2v) is 8.16. The Morgan fingerprint density at radius 2 is 1.63 bits per heavy atom. The lowest BCUT2D eigenvalue weighted by atomic mass is 10.1. The normalized spacial score (nSPS) is 13.0. The largest absolute Gasteiger partial charge is 0.417 e. The molecule has 0 saturated carbocycles. The van der Waals surface area contributed by atoms with Gasteiger partial charge in [0.05, 0.1) is 22.2 Å². The van der Waals surface area contributed by atoms with E-state index in [9.17, 15) is 9.59 Å². The van der Waals surface area contributed by atoms with E-state index < -0.39 is 11.6 Å². The van der Waals surface area contributed by atoms with Gasteiger partial charge < -0.3 is 4.42 Å². The second-order valence-electron chi connectivity index (χ2n) is 6.37. The number of oxazole rings is 1. The first kappa shape index (κ1) is 18.7. The number of nitrogens with zero attached hydrogens (tertiary/aromatic N) is 3. The van der Waals surface area contributed by atoms with Crippen LogP contribution in [0.5, 0.6) is 0 Å². The molecule has 2 aromatic carbocycles. The molecule has 144 valence electrons. The molecule has 0 spiro atoms. The van der Waals surface area contributed by atoms with Crippen molar-refractivity contribution < 1.29 is 14.0 Å². The maximum absolute atomic E-state index is 12.6. The van der Waals surface area contributed by atoms with Crippen LogP contribution in [-0.4, -0.2) is 21.5 Å². The van der Waals surface area contributed by atoms with Crippen LogP contribution in [0.2, 0.25) is 10.0 Å². The minimum Gasteiger partial charge on any atom is -0.417 e. The lowest BCUT2D eigenvalue weighted by Crippen LogP contribution is -2.00. The van der Waals surface area contributed by atoms with Crippen molar-refractivity contribution in [3.05, 3.63) is 80.5 Å². The highest BCUT2D eigenvalue weighted by Gasteiger charge is 2.34. The van der Waals surface area contributed by atoms with Crippen molar-refractivity contribution in [3.8, 4) is 10.6 Å². The summed E-state index contributed by atoms with van der Waals surface area (Å²) in [6, 6.07) is 9.81. The Kier molecular flexibility index (Phi) is 4.29. The van der Waals surface area contributed by atoms with Crippen molar-refractivity contribution in [2.24, 2.45) is 0 Å². The van der Waals surface area contributed by atoms with E-state index in [2.05, 4.69) is 14.8 Å². The van der Waals surface area contributed by atoms with Gasteiger partial charge in [-0.2, -0.15) is 9.97 Å². The summed E-state index contributed by atoms with van der Waals surface area (Å²) in [4.78, 5) is 37.9. The molecule has 6 nitrogen and oxygen atoms in total. The number of fused-ring (bicyclic) bond motifs is 2. The number of Topliss-reactive ketones (excluding diaryl/α,β-unsaturated/α-hetero) is 2. The van der Waals surface area contributed by atoms with Gasteiger partial charge in [-0.1, -0.05) is 58.8 Å². The molecule has 9 heteroatoms. The molecule has 4 aromatic rings. The topological polar surface area (TPSA) is 77.4 Å². The Balaban J connectivity index is 1.49. The molecule has 30 heavy (non-hydrogen) atoms. The van der Waals surface area contributed by atoms with Gasteiger partial charge in [0.1, 0.15) is 5.01 Å². The van der Waals surface area contributed by atoms with Gasteiger partial charge in [-0.25, -0.2) is 4.85 Å². The fraction of sp³-hybridized carbons (Fsp3) is 0. The zero-order valence-electron chi connectivity index (χ0n) is 14.8. The van der Waals surface area contributed by atoms with Crippen LogP contribution in [0.3, 0.4) is 0 Å². The molecule has 0 aliphatic heterocycles. The van der Waals surface area contributed by atoms with Crippen LogP contribution >= 0.6 is 34.5 Å². The van der Waals surface area contributed by atoms with Crippen LogP contribution in [0, 0.1) is 6.57 Å². The predicted molar refractivity (Wildman–Crippen MR) is 114 cm³/mol. The first-order valence-electron chi connectivity index (χ1n) is 8.50. The third kappa shape index (κ3) is 2.94. The number of allylic oxidation sites excluding steroid dienone is 1. The van der Waals surface area contributed by atoms with Crippen LogP contribution in [0.4, 0.5) is 5.69 Å². The predicted octanol–water partition coefficient (Wildman–Crippen LogP) is 6.27. The highest BCUT2D eigenvalue weighted by atomic mass is 35.5. The summed E-state index contributed by atoms with van der Waals surface area (Å²) in [5.41, 5.74) is 2.03. The fourth-order valence-corrected chi connectivity index (χ4v) is 4.29. The summed E-state index contributed by atoms with van der Waals surface area (Å²) in [6.07, 6.45) is 1.31. The Morgan fingerprint density at radius 1 is 1.00 bits per heavy atom. The molecule has 0 bridgehead atoms. The van der Waals surface area contributed by atoms with Crippen molar-refractivity contribution >= 4 is 68.4 Å². The lowest BCUT2D eigenvalue weighted by molar-refractivity contribution is 0.0990. The van der Waals surface area contributed by atoms with E-state index in [-0.39, 0.29) is 32.6 Å². The highest BCUT2D eigenvalue weighted by Crippen LogP contribution is 2.35. The van der Waals surface area contributed by atoms with E-state index in [4.69, 9.17) is 34.2 Å². The van der Waals surface area contributed by atoms with E-state index >= 15 is 0 Å². The molecule has 2 heterocycles. The zero-order chi connectivity index (χ0) is 21.0. The van der Waals surface area contributed by atoms with Gasteiger partial charge in [-0.05, 0) is 12.1 Å². The SMILES string of the molecule is [C-]#[N+]c1ccc(-c2nc3oc(C=C4C(=O)c5cc(Cl)c(Cl)cc5C4=O)nc3s2)cc1. The summed E-state index contributed by atoms with van der Waals surface area (Å²) in [5, 5.41) is 1.10. The van der Waals surface area contributed by atoms with Crippen molar-refractivity contribution in [3.63, 3.8) is 0 Å². The number of carbonyl (C=O) groups is 2. The molecule has 0 amide bonds. The van der Waals surface area contributed by atoms with Gasteiger partial charge in [0.2, 0.25) is 5.89 Å². The smallest absolute Gasteiger partial charge is 0.259 e. The van der Waals surface area contributed by atoms with Crippen LogP contribution < -0.4 is 0 Å². The van der Waals surface area contributed by atoms with Crippen molar-refractivity contribution in [1.82, 2.24) is 9.97 Å². The Labute approximate surface area is 183 Å². The Bertz CT molecular complexity index is 1380. The summed E-state index contributed by atoms with van der Waals surface area (Å²) in [7, 11) is 0. The average molecular weight is 452 g/mol. The average Bonchev–Trinajstić information content (AvgIpc) is 3.37. The summed E-state index contributed by atoms with van der Waals surface area (Å²) in [5.74, 6) is -0.798. The molecular formula is C21H7Cl2N3O3S. The maximum Gasteiger partial charge on any atom is 0.259 e. The molecule has 1 aliphatic carbocycles. The summed E-state index contributed by atoms with van der Waals surface area (Å²) >= 11 is 13.2. The highest BCUT2D eigenvalue weighted by molar-refractivity contribution is 7.21. The Hall–Kier alpha value is -3.31. The minimum absolute atomic E-state index is 0.0628. The van der Waals surface area contributed by atoms with Crippen LogP contribution in [0.25, 0.3) is 32.0 Å². The van der Waals surface area contributed by atoms with E-state index in [0.717, 1.165) is 5.56 Å². The number of halogens is 2. The maximum atomic E-state index is 12.6. The monoisotopic (exact) mass is 451 g/mol. The number of ketones is 2. The standard InChI is InChI=1S/C21H7Cl2N3O3S/c1-24-10-4-2-9(3-5-10)20-26-19-21(30-20)25-16(29-19)8-13-17(27)11-6-14(22)15(23)7-12(11)18(13)28/h2-8H.